The van der Waals surface area contributed by atoms with Crippen molar-refractivity contribution in [2.24, 2.45) is 43.8 Å². The van der Waals surface area contributed by atoms with Crippen molar-refractivity contribution in [1.82, 2.24) is 54.7 Å². The third-order valence-electron chi connectivity index (χ3n) is 28.8. The van der Waals surface area contributed by atoms with E-state index in [9.17, 15) is 4.79 Å². The monoisotopic (exact) mass is 1760 g/mol. The molecule has 8 aliphatic rings. The lowest BCUT2D eigenvalue weighted by Crippen LogP contribution is -2.70. The molecule has 4 atom stereocenters. The fourth-order valence-corrected chi connectivity index (χ4v) is 20.7. The Morgan fingerprint density at radius 3 is 1.42 bits per heavy atom. The van der Waals surface area contributed by atoms with E-state index < -0.39 is 0 Å². The Hall–Kier alpha value is -2.15. The predicted octanol–water partition coefficient (Wildman–Crippen LogP) is 27.2. The number of carbonyl (C=O) groups is 1. The number of benzene rings is 1. The van der Waals surface area contributed by atoms with Gasteiger partial charge in [0.15, 0.2) is 0 Å². The zero-order valence-electron chi connectivity index (χ0n) is 91.9. The van der Waals surface area contributed by atoms with Crippen LogP contribution in [0.1, 0.15) is 459 Å². The first kappa shape index (κ1) is 116. The fourth-order valence-electron chi connectivity index (χ4n) is 20.7. The molecule has 1 amide bonds. The van der Waals surface area contributed by atoms with E-state index in [-0.39, 0.29) is 27.9 Å². The molecule has 8 saturated heterocycles. The highest BCUT2D eigenvalue weighted by Crippen LogP contribution is 2.45. The van der Waals surface area contributed by atoms with Crippen LogP contribution >= 0.6 is 0 Å². The van der Waals surface area contributed by atoms with Crippen molar-refractivity contribution >= 4 is 5.91 Å². The number of nitrogens with zero attached hydrogens (tertiary/aromatic N) is 9. The molecule has 738 valence electrons. The Morgan fingerprint density at radius 1 is 0.429 bits per heavy atom. The lowest BCUT2D eigenvalue weighted by molar-refractivity contribution is -0.121. The van der Waals surface area contributed by atoms with E-state index in [0.29, 0.717) is 73.0 Å². The fraction of sp³-hybridized carbons (Fsp3) is 0.921. The van der Waals surface area contributed by atoms with Crippen molar-refractivity contribution in [3.05, 3.63) is 35.4 Å². The molecule has 9 rings (SSSR count). The Kier molecular flexibility index (Phi) is 47.7. The molecule has 4 unspecified atom stereocenters. The molecule has 1 aromatic rings. The highest BCUT2D eigenvalue weighted by atomic mass is 16.1. The van der Waals surface area contributed by atoms with E-state index in [1.54, 1.807) is 0 Å². The van der Waals surface area contributed by atoms with Gasteiger partial charge in [-0.3, -0.25) is 39.1 Å². The molecule has 0 radical (unpaired) electrons. The van der Waals surface area contributed by atoms with Crippen molar-refractivity contribution in [3.8, 4) is 11.8 Å². The number of unbranched alkanes of at least 4 members (excludes halogenated alkanes) is 9. The number of likely N-dealkylation sites (tertiary alicyclic amines) is 8. The maximum atomic E-state index is 12.0. The number of nitrogens with one attached hydrogen (secondary N) is 2. The summed E-state index contributed by atoms with van der Waals surface area (Å²) in [5, 5.41) is 6.88. The summed E-state index contributed by atoms with van der Waals surface area (Å²) in [5.74, 6) is 7.50. The maximum absolute atomic E-state index is 12.0. The van der Waals surface area contributed by atoms with Crippen LogP contribution in [0.2, 0.25) is 0 Å². The van der Waals surface area contributed by atoms with Gasteiger partial charge in [-0.05, 0) is 397 Å². The van der Waals surface area contributed by atoms with Gasteiger partial charge in [0.1, 0.15) is 0 Å². The predicted molar refractivity (Wildman–Crippen MR) is 557 cm³/mol. The smallest absolute Gasteiger partial charge is 0.220 e. The molecule has 1 aromatic carbocycles. The van der Waals surface area contributed by atoms with Gasteiger partial charge in [-0.1, -0.05) is 179 Å². The first-order valence-corrected chi connectivity index (χ1v) is 53.0. The number of rotatable bonds is 31. The minimum absolute atomic E-state index is 0.159. The molecular formula is C114H221N11O. The molecule has 0 aromatic heterocycles. The van der Waals surface area contributed by atoms with Gasteiger partial charge < -0.3 is 20.4 Å². The lowest BCUT2D eigenvalue weighted by Gasteiger charge is -2.57. The van der Waals surface area contributed by atoms with E-state index in [1.165, 1.54) is 296 Å². The average Bonchev–Trinajstić information content (AvgIpc) is 1.55. The minimum Gasteiger partial charge on any atom is -0.356 e. The average molecular weight is 1760 g/mol. The number of amides is 1. The van der Waals surface area contributed by atoms with Gasteiger partial charge in [-0.15, -0.1) is 5.92 Å². The number of hydrogen-bond acceptors (Lipinski definition) is 11. The number of aryl methyl sites for hydroxylation is 1. The second-order valence-corrected chi connectivity index (χ2v) is 55.0. The first-order valence-electron chi connectivity index (χ1n) is 53.0. The molecule has 2 spiro atoms. The molecule has 12 heteroatoms. The molecule has 2 N–H and O–H groups in total. The summed E-state index contributed by atoms with van der Waals surface area (Å²) in [5.41, 5.74) is 8.56. The van der Waals surface area contributed by atoms with Crippen molar-refractivity contribution in [1.29, 1.82) is 0 Å². The zero-order valence-corrected chi connectivity index (χ0v) is 91.9. The second-order valence-electron chi connectivity index (χ2n) is 55.0. The van der Waals surface area contributed by atoms with Gasteiger partial charge >= 0.3 is 0 Å². The highest BCUT2D eigenvalue weighted by Gasteiger charge is 2.53. The summed E-state index contributed by atoms with van der Waals surface area (Å²) >= 11 is 0. The molecule has 0 bridgehead atoms. The number of likely N-dealkylation sites (N-methyl/N-ethyl adjacent to an activating group) is 1. The van der Waals surface area contributed by atoms with Gasteiger partial charge in [-0.2, -0.15) is 0 Å². The Labute approximate surface area is 788 Å². The van der Waals surface area contributed by atoms with Gasteiger partial charge in [0.25, 0.3) is 0 Å². The highest BCUT2D eigenvalue weighted by molar-refractivity contribution is 5.75. The Morgan fingerprint density at radius 2 is 0.921 bits per heavy atom. The normalized spacial score (nSPS) is 21.9. The van der Waals surface area contributed by atoms with Crippen LogP contribution in [0.5, 0.6) is 0 Å². The van der Waals surface area contributed by atoms with E-state index in [1.807, 2.05) is 0 Å². The number of piperidine rings is 1. The quantitative estimate of drug-likeness (QED) is 0.0552. The Bertz CT molecular complexity index is 3150. The molecule has 0 aliphatic carbocycles. The van der Waals surface area contributed by atoms with Gasteiger partial charge in [0, 0.05) is 146 Å². The first-order chi connectivity index (χ1) is 57.7. The molecule has 8 aliphatic heterocycles. The van der Waals surface area contributed by atoms with Crippen molar-refractivity contribution in [3.63, 3.8) is 0 Å². The van der Waals surface area contributed by atoms with Crippen molar-refractivity contribution < 1.29 is 4.79 Å². The summed E-state index contributed by atoms with van der Waals surface area (Å²) in [4.78, 5) is 35.8. The third-order valence-corrected chi connectivity index (χ3v) is 28.8. The van der Waals surface area contributed by atoms with E-state index in [2.05, 4.69) is 347 Å². The molecule has 12 nitrogen and oxygen atoms in total. The summed E-state index contributed by atoms with van der Waals surface area (Å²) in [6.45, 7) is 107. The van der Waals surface area contributed by atoms with E-state index >= 15 is 0 Å². The topological polar surface area (TPSA) is 70.3 Å². The standard InChI is InChI=1S/C22H37N.C21H40N2.C19H38N2O.2C18H36N2.C16H34N2/c1-21(2,3)16-8-7-10-18-12-14-19(15-13-18)20-11-9-17-23(20)22(4,5)6;1-20(2,3)15-12-10-8-9-11-13-16-23-17-14-19(18-23)22(7)21(4,5)6;1-18(2,3)12-8-7-11-17(22)20-14-16-10-9-13-21(15-16)19(4,5)6;1-16(2,3)10-7-8-12-19-14-18(15-19)11-9-13-20(18)17(4,5)6;1-16(2,3)9-7-8-11-19-13-18(14-19)10-12-20(15-18)17(4,5)6;1-15(2,3)10-7-8-11-17-14-9-12-18(13-14)16(4,5)6/h12-15,20H,7-11,16-17H2,1-6H3;19H,8-11,13-14,16-18H2,1-7H3;16H,7-15H2,1-6H3,(H,20,22);2*7-15H2,1-6H3;14,17H,7-13H2,1-6H3. The van der Waals surface area contributed by atoms with E-state index in [4.69, 9.17) is 0 Å². The minimum atomic E-state index is 0.159. The largest absolute Gasteiger partial charge is 0.356 e. The SMILES string of the molecule is CC(C)(C)CCCCC(=O)NCC1CCCN(C(C)(C)C)C1.CC(C)(C)CCCCN1CC2(CCCN2C(C)(C)C)C1.CC(C)(C)CCCCN1CC2(CCN(C(C)(C)C)C2)C1.CC(C)(C)CCCCNC1CCN(C(C)(C)C)C1.CC(C)(C)CCCCc1ccc(C2CCCN2C(C)(C)C)cc1.CN(C1CCN(CCCCCCC#CC(C)(C)C)C1)C(C)(C)C. The van der Waals surface area contributed by atoms with Gasteiger partial charge in [0.05, 0.1) is 0 Å². The maximum Gasteiger partial charge on any atom is 0.220 e. The molecule has 8 heterocycles. The van der Waals surface area contributed by atoms with E-state index in [0.717, 1.165) is 44.4 Å². The summed E-state index contributed by atoms with van der Waals surface area (Å²) in [6.07, 6.45) is 39.9. The summed E-state index contributed by atoms with van der Waals surface area (Å²) < 4.78 is 0. The summed E-state index contributed by atoms with van der Waals surface area (Å²) in [7, 11) is 2.28. The molecule has 126 heavy (non-hydrogen) atoms. The van der Waals surface area contributed by atoms with Gasteiger partial charge in [-0.25, -0.2) is 0 Å². The van der Waals surface area contributed by atoms with Crippen LogP contribution in [0.3, 0.4) is 0 Å². The van der Waals surface area contributed by atoms with Crippen LogP contribution < -0.4 is 10.6 Å². The third kappa shape index (κ3) is 48.3. The number of carbonyl (C=O) groups excluding carboxylic acids is 1. The van der Waals surface area contributed by atoms with Gasteiger partial charge in [0.2, 0.25) is 5.91 Å². The summed E-state index contributed by atoms with van der Waals surface area (Å²) in [6, 6.07) is 11.6. The van der Waals surface area contributed by atoms with Crippen LogP contribution in [0.15, 0.2) is 24.3 Å². The Balaban J connectivity index is 0.000000318. The van der Waals surface area contributed by atoms with Crippen LogP contribution in [-0.4, -0.2) is 232 Å². The van der Waals surface area contributed by atoms with Crippen molar-refractivity contribution in [2.45, 2.75) is 505 Å². The molecule has 8 fully saturated rings. The van der Waals surface area contributed by atoms with Crippen LogP contribution in [0, 0.1) is 55.7 Å². The lowest BCUT2D eigenvalue weighted by atomic mass is 9.78. The molecule has 0 saturated carbocycles. The van der Waals surface area contributed by atoms with Crippen LogP contribution in [0.25, 0.3) is 0 Å². The van der Waals surface area contributed by atoms with Crippen molar-refractivity contribution in [2.75, 3.05) is 131 Å². The molecular weight excluding hydrogens is 1540 g/mol. The van der Waals surface area contributed by atoms with Crippen LogP contribution in [0.4, 0.5) is 0 Å². The second kappa shape index (κ2) is 51.7. The zero-order chi connectivity index (χ0) is 95.2. The number of hydrogen-bond donors (Lipinski definition) is 2. The van der Waals surface area contributed by atoms with Crippen LogP contribution in [-0.2, 0) is 11.2 Å².